The van der Waals surface area contributed by atoms with E-state index in [2.05, 4.69) is 9.97 Å². The first-order valence-electron chi connectivity index (χ1n) is 4.81. The molecule has 7 nitrogen and oxygen atoms in total. The van der Waals surface area contributed by atoms with Gasteiger partial charge in [0.15, 0.2) is 0 Å². The summed E-state index contributed by atoms with van der Waals surface area (Å²) in [5.41, 5.74) is 5.27. The van der Waals surface area contributed by atoms with Gasteiger partial charge < -0.3 is 5.73 Å². The smallest absolute Gasteiger partial charge is 0.245 e. The van der Waals surface area contributed by atoms with Gasteiger partial charge in [0.25, 0.3) is 0 Å². The predicted octanol–water partition coefficient (Wildman–Crippen LogP) is -0.161. The van der Waals surface area contributed by atoms with Gasteiger partial charge in [-0.1, -0.05) is 0 Å². The molecule has 1 aromatic heterocycles. The molecule has 0 radical (unpaired) electrons. The number of nitrogens with two attached hydrogens (primary N) is 1. The van der Waals surface area contributed by atoms with Gasteiger partial charge in [-0.2, -0.15) is 9.57 Å². The Bertz CT molecular complexity index is 519. The number of hydrogen-bond acceptors (Lipinski definition) is 6. The molecule has 0 spiro atoms. The first kappa shape index (κ1) is 13.3. The van der Waals surface area contributed by atoms with Crippen LogP contribution in [0, 0.1) is 17.2 Å². The van der Waals surface area contributed by atoms with Gasteiger partial charge in [-0.15, -0.1) is 0 Å². The van der Waals surface area contributed by atoms with E-state index in [0.29, 0.717) is 0 Å². The van der Waals surface area contributed by atoms with Crippen molar-refractivity contribution < 1.29 is 8.42 Å². The third-order valence-corrected chi connectivity index (χ3v) is 3.88. The molecule has 0 aliphatic heterocycles. The zero-order valence-corrected chi connectivity index (χ0v) is 10.3. The van der Waals surface area contributed by atoms with Gasteiger partial charge in [-0.3, -0.25) is 0 Å². The normalized spacial score (nSPS) is 13.3. The molecule has 92 valence electrons. The molecular weight excluding hydrogens is 242 g/mol. The minimum atomic E-state index is -3.66. The monoisotopic (exact) mass is 255 g/mol. The molecule has 2 N–H and O–H groups in total. The van der Waals surface area contributed by atoms with Crippen LogP contribution in [-0.4, -0.2) is 36.3 Å². The first-order valence-corrected chi connectivity index (χ1v) is 6.25. The van der Waals surface area contributed by atoms with Crippen LogP contribution in [0.25, 0.3) is 0 Å². The van der Waals surface area contributed by atoms with Crippen LogP contribution in [-0.2, 0) is 10.0 Å². The molecule has 8 heteroatoms. The summed E-state index contributed by atoms with van der Waals surface area (Å²) in [5.74, 6) is -0.374. The van der Waals surface area contributed by atoms with Crippen molar-refractivity contribution in [1.29, 1.82) is 5.26 Å². The van der Waals surface area contributed by atoms with Gasteiger partial charge >= 0.3 is 0 Å². The molecule has 1 unspecified atom stereocenters. The summed E-state index contributed by atoms with van der Waals surface area (Å²) in [6.07, 6.45) is 2.29. The van der Waals surface area contributed by atoms with Crippen LogP contribution in [0.5, 0.6) is 0 Å². The fourth-order valence-electron chi connectivity index (χ4n) is 1.16. The molecule has 0 fully saturated rings. The summed E-state index contributed by atoms with van der Waals surface area (Å²) in [7, 11) is -2.26. The van der Waals surface area contributed by atoms with Gasteiger partial charge in [0.05, 0.1) is 24.4 Å². The standard InChI is InChI=1S/C9H13N5O2S/c1-7(3-10)6-14(2)17(15,16)8-4-12-9(11)13-5-8/h4-5,7H,6H2,1-2H3,(H2,11,12,13). The Balaban J connectivity index is 2.96. The fraction of sp³-hybridized carbons (Fsp3) is 0.444. The maximum absolute atomic E-state index is 12.0. The molecule has 1 aromatic rings. The topological polar surface area (TPSA) is 113 Å². The minimum Gasteiger partial charge on any atom is -0.368 e. The molecular formula is C9H13N5O2S. The van der Waals surface area contributed by atoms with Crippen LogP contribution < -0.4 is 5.73 Å². The lowest BCUT2D eigenvalue weighted by molar-refractivity contribution is 0.438. The highest BCUT2D eigenvalue weighted by molar-refractivity contribution is 7.89. The van der Waals surface area contributed by atoms with E-state index in [1.807, 2.05) is 6.07 Å². The van der Waals surface area contributed by atoms with Crippen molar-refractivity contribution in [2.24, 2.45) is 5.92 Å². The number of aromatic nitrogens is 2. The lowest BCUT2D eigenvalue weighted by Gasteiger charge is -2.17. The van der Waals surface area contributed by atoms with E-state index < -0.39 is 10.0 Å². The summed E-state index contributed by atoms with van der Waals surface area (Å²) in [5, 5.41) is 8.64. The van der Waals surface area contributed by atoms with Crippen molar-refractivity contribution in [2.75, 3.05) is 19.3 Å². The number of anilines is 1. The van der Waals surface area contributed by atoms with Gasteiger partial charge in [0, 0.05) is 13.6 Å². The summed E-state index contributed by atoms with van der Waals surface area (Å²) in [6, 6.07) is 1.97. The van der Waals surface area contributed by atoms with Gasteiger partial charge in [-0.05, 0) is 6.92 Å². The molecule has 0 amide bonds. The minimum absolute atomic E-state index is 0.0111. The van der Waals surface area contributed by atoms with Crippen LogP contribution in [0.1, 0.15) is 6.92 Å². The van der Waals surface area contributed by atoms with Crippen molar-refractivity contribution in [3.05, 3.63) is 12.4 Å². The summed E-state index contributed by atoms with van der Waals surface area (Å²) >= 11 is 0. The van der Waals surface area contributed by atoms with Gasteiger partial charge in [0.2, 0.25) is 16.0 Å². The summed E-state index contributed by atoms with van der Waals surface area (Å²) in [4.78, 5) is 7.20. The SMILES string of the molecule is CC(C#N)CN(C)S(=O)(=O)c1cnc(N)nc1. The number of nitrogens with zero attached hydrogens (tertiary/aromatic N) is 4. The zero-order chi connectivity index (χ0) is 13.1. The van der Waals surface area contributed by atoms with E-state index in [4.69, 9.17) is 11.0 Å². The maximum atomic E-state index is 12.0. The lowest BCUT2D eigenvalue weighted by atomic mass is 10.2. The molecule has 17 heavy (non-hydrogen) atoms. The maximum Gasteiger partial charge on any atom is 0.245 e. The van der Waals surface area contributed by atoms with Crippen LogP contribution in [0.2, 0.25) is 0 Å². The second kappa shape index (κ2) is 5.07. The Labute approximate surface area is 99.9 Å². The van der Waals surface area contributed by atoms with E-state index in [-0.39, 0.29) is 23.3 Å². The van der Waals surface area contributed by atoms with Crippen LogP contribution in [0.4, 0.5) is 5.95 Å². The Morgan fingerprint density at radius 2 is 2.06 bits per heavy atom. The van der Waals surface area contributed by atoms with E-state index in [0.717, 1.165) is 16.7 Å². The molecule has 0 saturated heterocycles. The Morgan fingerprint density at radius 3 is 2.53 bits per heavy atom. The molecule has 0 aromatic carbocycles. The molecule has 0 aliphatic carbocycles. The van der Waals surface area contributed by atoms with Gasteiger partial charge in [-0.25, -0.2) is 18.4 Å². The third kappa shape index (κ3) is 3.12. The number of sulfonamides is 1. The molecule has 0 saturated carbocycles. The lowest BCUT2D eigenvalue weighted by Crippen LogP contribution is -2.31. The number of nitriles is 1. The predicted molar refractivity (Wildman–Crippen MR) is 61.0 cm³/mol. The number of hydrogen-bond donors (Lipinski definition) is 1. The van der Waals surface area contributed by atoms with E-state index in [1.165, 1.54) is 7.05 Å². The van der Waals surface area contributed by atoms with Crippen LogP contribution in [0.15, 0.2) is 17.3 Å². The highest BCUT2D eigenvalue weighted by Gasteiger charge is 2.23. The second-order valence-corrected chi connectivity index (χ2v) is 5.64. The zero-order valence-electron chi connectivity index (χ0n) is 9.53. The summed E-state index contributed by atoms with van der Waals surface area (Å²) in [6.45, 7) is 1.76. The van der Waals surface area contributed by atoms with E-state index >= 15 is 0 Å². The molecule has 1 atom stereocenters. The van der Waals surface area contributed by atoms with Crippen LogP contribution in [0.3, 0.4) is 0 Å². The highest BCUT2D eigenvalue weighted by Crippen LogP contribution is 2.13. The quantitative estimate of drug-likeness (QED) is 0.799. The largest absolute Gasteiger partial charge is 0.368 e. The average Bonchev–Trinajstić information content (AvgIpc) is 2.29. The van der Waals surface area contributed by atoms with Crippen molar-refractivity contribution >= 4 is 16.0 Å². The Hall–Kier alpha value is -1.72. The van der Waals surface area contributed by atoms with Crippen molar-refractivity contribution in [1.82, 2.24) is 14.3 Å². The van der Waals surface area contributed by atoms with Gasteiger partial charge in [0.1, 0.15) is 4.90 Å². The second-order valence-electron chi connectivity index (χ2n) is 3.59. The third-order valence-electron chi connectivity index (χ3n) is 2.11. The summed E-state index contributed by atoms with van der Waals surface area (Å²) < 4.78 is 25.1. The number of rotatable bonds is 4. The Morgan fingerprint density at radius 1 is 1.53 bits per heavy atom. The Kier molecular flexibility index (Phi) is 3.98. The highest BCUT2D eigenvalue weighted by atomic mass is 32.2. The molecule has 1 rings (SSSR count). The van der Waals surface area contributed by atoms with Crippen molar-refractivity contribution in [3.63, 3.8) is 0 Å². The molecule has 1 heterocycles. The van der Waals surface area contributed by atoms with Crippen LogP contribution >= 0.6 is 0 Å². The van der Waals surface area contributed by atoms with Crippen molar-refractivity contribution in [2.45, 2.75) is 11.8 Å². The van der Waals surface area contributed by atoms with E-state index in [9.17, 15) is 8.42 Å². The fourth-order valence-corrected chi connectivity index (χ4v) is 2.32. The molecule has 0 aliphatic rings. The first-order chi connectivity index (χ1) is 7.87. The van der Waals surface area contributed by atoms with Crippen molar-refractivity contribution in [3.8, 4) is 6.07 Å². The van der Waals surface area contributed by atoms with E-state index in [1.54, 1.807) is 6.92 Å². The number of nitrogen functional groups attached to an aromatic ring is 1. The molecule has 0 bridgehead atoms. The average molecular weight is 255 g/mol.